The molecule has 0 aliphatic rings. The van der Waals surface area contributed by atoms with E-state index in [0.29, 0.717) is 0 Å². The van der Waals surface area contributed by atoms with Gasteiger partial charge in [0.1, 0.15) is 0 Å². The molecule has 1 N–H and O–H groups in total. The van der Waals surface area contributed by atoms with Crippen molar-refractivity contribution in [2.45, 2.75) is 0 Å². The first-order valence-electron chi connectivity index (χ1n) is 5.05. The van der Waals surface area contributed by atoms with Crippen LogP contribution in [-0.4, -0.2) is 30.8 Å². The maximum absolute atomic E-state index is 11.5. The molecule has 0 bridgehead atoms. The molecule has 0 saturated carbocycles. The Kier molecular flexibility index (Phi) is 4.67. The van der Waals surface area contributed by atoms with Crippen LogP contribution in [0.5, 0.6) is 0 Å². The smallest absolute Gasteiger partial charge is 0.334 e. The number of ether oxygens (including phenoxy) is 1. The highest BCUT2D eigenvalue weighted by Gasteiger charge is 2.19. The Bertz CT molecular complexity index is 459. The standard InChI is InChI=1S/C12H15O4P/c1-16-12(13)11(9-17(2,14)15)8-10-6-4-3-5-7-10/h3-8H,9H2,1-2H3,(H,14,15)/b11-8+. The second-order valence-corrected chi connectivity index (χ2v) is 6.20. The van der Waals surface area contributed by atoms with Gasteiger partial charge in [-0.25, -0.2) is 4.79 Å². The summed E-state index contributed by atoms with van der Waals surface area (Å²) in [7, 11) is -2.05. The average Bonchev–Trinajstić information content (AvgIpc) is 2.27. The molecule has 0 saturated heterocycles. The van der Waals surface area contributed by atoms with Gasteiger partial charge in [-0.3, -0.25) is 4.57 Å². The van der Waals surface area contributed by atoms with Gasteiger partial charge < -0.3 is 9.63 Å². The summed E-state index contributed by atoms with van der Waals surface area (Å²) in [6.45, 7) is 1.22. The summed E-state index contributed by atoms with van der Waals surface area (Å²) in [5, 5.41) is 0. The predicted molar refractivity (Wildman–Crippen MR) is 67.1 cm³/mol. The largest absolute Gasteiger partial charge is 0.466 e. The monoisotopic (exact) mass is 254 g/mol. The van der Waals surface area contributed by atoms with Gasteiger partial charge in [-0.05, 0) is 11.6 Å². The Labute approximate surface area is 100 Å². The van der Waals surface area contributed by atoms with Crippen LogP contribution in [-0.2, 0) is 14.1 Å². The zero-order valence-corrected chi connectivity index (χ0v) is 10.7. The van der Waals surface area contributed by atoms with E-state index in [2.05, 4.69) is 4.74 Å². The van der Waals surface area contributed by atoms with Gasteiger partial charge in [0, 0.05) is 12.2 Å². The molecule has 1 unspecified atom stereocenters. The molecular formula is C12H15O4P. The van der Waals surface area contributed by atoms with Crippen molar-refractivity contribution in [3.63, 3.8) is 0 Å². The summed E-state index contributed by atoms with van der Waals surface area (Å²) < 4.78 is 15.9. The first kappa shape index (κ1) is 13.7. The fraction of sp³-hybridized carbons (Fsp3) is 0.250. The van der Waals surface area contributed by atoms with Crippen molar-refractivity contribution < 1.29 is 19.0 Å². The number of carbonyl (C=O) groups excluding carboxylic acids is 1. The van der Waals surface area contributed by atoms with E-state index in [1.54, 1.807) is 18.2 Å². The van der Waals surface area contributed by atoms with E-state index < -0.39 is 13.3 Å². The van der Waals surface area contributed by atoms with E-state index in [1.807, 2.05) is 18.2 Å². The highest BCUT2D eigenvalue weighted by Crippen LogP contribution is 2.38. The second kappa shape index (κ2) is 5.80. The van der Waals surface area contributed by atoms with Crippen LogP contribution >= 0.6 is 7.37 Å². The molecule has 4 nitrogen and oxygen atoms in total. The van der Waals surface area contributed by atoms with E-state index in [0.717, 1.165) is 5.56 Å². The Morgan fingerprint density at radius 2 is 2.00 bits per heavy atom. The molecule has 1 aromatic rings. The van der Waals surface area contributed by atoms with Crippen LogP contribution in [0.2, 0.25) is 0 Å². The third kappa shape index (κ3) is 4.98. The van der Waals surface area contributed by atoms with Crippen LogP contribution in [0, 0.1) is 0 Å². The quantitative estimate of drug-likeness (QED) is 0.508. The van der Waals surface area contributed by atoms with Crippen molar-refractivity contribution in [1.29, 1.82) is 0 Å². The topological polar surface area (TPSA) is 63.6 Å². The van der Waals surface area contributed by atoms with Gasteiger partial charge in [-0.1, -0.05) is 30.3 Å². The third-order valence-electron chi connectivity index (χ3n) is 2.05. The molecule has 0 radical (unpaired) electrons. The molecule has 92 valence electrons. The molecule has 17 heavy (non-hydrogen) atoms. The van der Waals surface area contributed by atoms with E-state index in [9.17, 15) is 14.3 Å². The molecule has 1 rings (SSSR count). The molecule has 0 aliphatic heterocycles. The van der Waals surface area contributed by atoms with Crippen LogP contribution in [0.25, 0.3) is 6.08 Å². The minimum atomic E-state index is -3.29. The summed E-state index contributed by atoms with van der Waals surface area (Å²) in [5.41, 5.74) is 0.994. The average molecular weight is 254 g/mol. The molecule has 1 atom stereocenters. The van der Waals surface area contributed by atoms with Crippen molar-refractivity contribution in [3.05, 3.63) is 41.5 Å². The number of hydrogen-bond donors (Lipinski definition) is 1. The lowest BCUT2D eigenvalue weighted by Crippen LogP contribution is -2.08. The molecule has 0 aliphatic carbocycles. The van der Waals surface area contributed by atoms with Gasteiger partial charge in [0.25, 0.3) is 0 Å². The molecule has 0 fully saturated rings. The van der Waals surface area contributed by atoms with Gasteiger partial charge in [-0.15, -0.1) is 0 Å². The molecule has 5 heteroatoms. The van der Waals surface area contributed by atoms with Crippen LogP contribution in [0.3, 0.4) is 0 Å². The van der Waals surface area contributed by atoms with E-state index in [1.165, 1.54) is 13.8 Å². The number of benzene rings is 1. The SMILES string of the molecule is COC(=O)/C(=C/c1ccccc1)CP(C)(=O)O. The number of carbonyl (C=O) groups is 1. The van der Waals surface area contributed by atoms with Gasteiger partial charge in [-0.2, -0.15) is 0 Å². The Morgan fingerprint density at radius 1 is 1.41 bits per heavy atom. The maximum atomic E-state index is 11.5. The Hall–Kier alpha value is -1.38. The van der Waals surface area contributed by atoms with Crippen LogP contribution in [0.1, 0.15) is 5.56 Å². The molecule has 0 amide bonds. The molecule has 0 aromatic heterocycles. The van der Waals surface area contributed by atoms with Crippen molar-refractivity contribution >= 4 is 19.4 Å². The highest BCUT2D eigenvalue weighted by molar-refractivity contribution is 7.57. The number of esters is 1. The number of rotatable bonds is 4. The number of methoxy groups -OCH3 is 1. The lowest BCUT2D eigenvalue weighted by atomic mass is 10.1. The summed E-state index contributed by atoms with van der Waals surface area (Å²) >= 11 is 0. The fourth-order valence-corrected chi connectivity index (χ4v) is 2.22. The number of hydrogen-bond acceptors (Lipinski definition) is 3. The molecule has 0 spiro atoms. The summed E-state index contributed by atoms with van der Waals surface area (Å²) in [5.74, 6) is -0.579. The minimum absolute atomic E-state index is 0.186. The van der Waals surface area contributed by atoms with E-state index >= 15 is 0 Å². The Morgan fingerprint density at radius 3 is 2.47 bits per heavy atom. The molecular weight excluding hydrogens is 239 g/mol. The van der Waals surface area contributed by atoms with Gasteiger partial charge in [0.2, 0.25) is 7.37 Å². The molecule has 0 heterocycles. The Balaban J connectivity index is 3.03. The van der Waals surface area contributed by atoms with Crippen LogP contribution in [0.15, 0.2) is 35.9 Å². The van der Waals surface area contributed by atoms with Crippen molar-refractivity contribution in [2.24, 2.45) is 0 Å². The van der Waals surface area contributed by atoms with E-state index in [-0.39, 0.29) is 11.7 Å². The van der Waals surface area contributed by atoms with Crippen molar-refractivity contribution in [2.75, 3.05) is 19.9 Å². The second-order valence-electron chi connectivity index (χ2n) is 3.78. The van der Waals surface area contributed by atoms with Gasteiger partial charge in [0.15, 0.2) is 0 Å². The minimum Gasteiger partial charge on any atom is -0.466 e. The maximum Gasteiger partial charge on any atom is 0.334 e. The lowest BCUT2D eigenvalue weighted by molar-refractivity contribution is -0.135. The van der Waals surface area contributed by atoms with Crippen LogP contribution in [0.4, 0.5) is 0 Å². The summed E-state index contributed by atoms with van der Waals surface area (Å²) in [6, 6.07) is 9.12. The predicted octanol–water partition coefficient (Wildman–Crippen LogP) is 2.14. The third-order valence-corrected chi connectivity index (χ3v) is 2.98. The lowest BCUT2D eigenvalue weighted by Gasteiger charge is -2.08. The zero-order chi connectivity index (χ0) is 12.9. The highest BCUT2D eigenvalue weighted by atomic mass is 31.2. The first-order valence-corrected chi connectivity index (χ1v) is 7.35. The van der Waals surface area contributed by atoms with Gasteiger partial charge in [0.05, 0.1) is 13.3 Å². The first-order chi connectivity index (χ1) is 7.92. The molecule has 1 aromatic carbocycles. The fourth-order valence-electron chi connectivity index (χ4n) is 1.37. The zero-order valence-electron chi connectivity index (χ0n) is 9.79. The summed E-state index contributed by atoms with van der Waals surface area (Å²) in [4.78, 5) is 20.8. The normalized spacial score (nSPS) is 15.1. The van der Waals surface area contributed by atoms with Gasteiger partial charge >= 0.3 is 5.97 Å². The summed E-state index contributed by atoms with van der Waals surface area (Å²) in [6.07, 6.45) is 1.38. The van der Waals surface area contributed by atoms with Crippen molar-refractivity contribution in [1.82, 2.24) is 0 Å². The van der Waals surface area contributed by atoms with E-state index in [4.69, 9.17) is 0 Å². The van der Waals surface area contributed by atoms with Crippen LogP contribution < -0.4 is 0 Å². The van der Waals surface area contributed by atoms with Crippen molar-refractivity contribution in [3.8, 4) is 0 Å².